The molecule has 0 aromatic heterocycles. The Morgan fingerprint density at radius 3 is 1.81 bits per heavy atom. The molecule has 10 nitrogen and oxygen atoms in total. The third kappa shape index (κ3) is 35.1. The number of phosphoric ester groups is 1. The number of ether oxygens (including phenoxy) is 3. The fraction of sp³-hybridized carbons (Fsp3) is 0.696. The molecule has 326 valence electrons. The van der Waals surface area contributed by atoms with E-state index in [2.05, 4.69) is 74.6 Å². The number of rotatable bonds is 37. The van der Waals surface area contributed by atoms with E-state index in [1.54, 1.807) is 0 Å². The van der Waals surface area contributed by atoms with Crippen LogP contribution in [0.1, 0.15) is 142 Å². The minimum atomic E-state index is -4.65. The summed E-state index contributed by atoms with van der Waals surface area (Å²) in [5.74, 6) is -0.954. The van der Waals surface area contributed by atoms with Crippen molar-refractivity contribution < 1.29 is 46.8 Å². The predicted molar refractivity (Wildman–Crippen MR) is 230 cm³/mol. The maximum absolute atomic E-state index is 12.6. The molecule has 0 amide bonds. The molecule has 1 fully saturated rings. The van der Waals surface area contributed by atoms with Crippen LogP contribution >= 0.6 is 7.82 Å². The Balaban J connectivity index is 2.35. The first-order valence-corrected chi connectivity index (χ1v) is 23.2. The first-order chi connectivity index (χ1) is 27.5. The molecule has 0 saturated carbocycles. The topological polar surface area (TPSA) is 124 Å². The van der Waals surface area contributed by atoms with Crippen LogP contribution in [0, 0.1) is 0 Å². The first-order valence-electron chi connectivity index (χ1n) is 21.8. The van der Waals surface area contributed by atoms with Crippen LogP contribution in [0.25, 0.3) is 0 Å². The Kier molecular flexibility index (Phi) is 31.5. The van der Waals surface area contributed by atoms with Crippen LogP contribution in [0.5, 0.6) is 0 Å². The van der Waals surface area contributed by atoms with Crippen molar-refractivity contribution in [1.82, 2.24) is 0 Å². The number of carbonyl (C=O) groups is 2. The first kappa shape index (κ1) is 52.4. The van der Waals surface area contributed by atoms with Gasteiger partial charge in [0.25, 0.3) is 7.82 Å². The molecule has 0 bridgehead atoms. The Morgan fingerprint density at radius 1 is 0.649 bits per heavy atom. The summed E-state index contributed by atoms with van der Waals surface area (Å²) in [7, 11) is 1.10. The van der Waals surface area contributed by atoms with E-state index in [0.717, 1.165) is 70.6 Å². The van der Waals surface area contributed by atoms with Crippen molar-refractivity contribution in [3.8, 4) is 0 Å². The molecule has 57 heavy (non-hydrogen) atoms. The smallest absolute Gasteiger partial charge is 0.306 e. The van der Waals surface area contributed by atoms with Gasteiger partial charge in [0.2, 0.25) is 0 Å². The van der Waals surface area contributed by atoms with E-state index in [1.165, 1.54) is 32.1 Å². The molecule has 0 aromatic carbocycles. The van der Waals surface area contributed by atoms with Crippen LogP contribution in [0.4, 0.5) is 0 Å². The molecule has 1 aliphatic rings. The summed E-state index contributed by atoms with van der Waals surface area (Å²) in [6, 6.07) is 0. The monoisotopic (exact) mass is 820 g/mol. The number of hydrogen-bond acceptors (Lipinski definition) is 9. The van der Waals surface area contributed by atoms with Gasteiger partial charge in [-0.05, 0) is 77.0 Å². The maximum Gasteiger partial charge on any atom is 0.306 e. The summed E-state index contributed by atoms with van der Waals surface area (Å²) in [6.07, 6.45) is 44.1. The van der Waals surface area contributed by atoms with E-state index in [9.17, 15) is 19.0 Å². The van der Waals surface area contributed by atoms with Crippen molar-refractivity contribution >= 4 is 19.8 Å². The van der Waals surface area contributed by atoms with Crippen LogP contribution in [-0.4, -0.2) is 82.2 Å². The lowest BCUT2D eigenvalue weighted by atomic mass is 10.1. The number of phosphoric acid groups is 1. The molecule has 1 heterocycles. The number of hydrogen-bond donors (Lipinski definition) is 0. The lowest BCUT2D eigenvalue weighted by molar-refractivity contribution is -0.870. The summed E-state index contributed by atoms with van der Waals surface area (Å²) >= 11 is 0. The van der Waals surface area contributed by atoms with Crippen LogP contribution in [-0.2, 0) is 37.4 Å². The minimum absolute atomic E-state index is 0.0512. The van der Waals surface area contributed by atoms with Gasteiger partial charge in [0, 0.05) is 12.8 Å². The molecule has 1 saturated heterocycles. The number of nitrogens with zero attached hydrogens (tertiary/aromatic N) is 1. The van der Waals surface area contributed by atoms with E-state index < -0.39 is 32.5 Å². The molecular weight excluding hydrogens is 741 g/mol. The van der Waals surface area contributed by atoms with Crippen molar-refractivity contribution in [3.05, 3.63) is 72.9 Å². The number of carbonyl (C=O) groups excluding carboxylic acids is 2. The van der Waals surface area contributed by atoms with E-state index in [1.807, 2.05) is 33.3 Å². The Morgan fingerprint density at radius 2 is 1.19 bits per heavy atom. The van der Waals surface area contributed by atoms with Gasteiger partial charge in [0.05, 0.1) is 40.0 Å². The highest BCUT2D eigenvalue weighted by Crippen LogP contribution is 2.38. The van der Waals surface area contributed by atoms with Crippen molar-refractivity contribution in [2.45, 2.75) is 161 Å². The second-order valence-electron chi connectivity index (χ2n) is 15.7. The number of unbranched alkanes of at least 4 members (excludes halogenated alkanes) is 9. The zero-order valence-corrected chi connectivity index (χ0v) is 37.1. The van der Waals surface area contributed by atoms with Gasteiger partial charge in [-0.3, -0.25) is 14.2 Å². The number of esters is 2. The van der Waals surface area contributed by atoms with Crippen molar-refractivity contribution in [2.75, 3.05) is 47.5 Å². The van der Waals surface area contributed by atoms with Crippen molar-refractivity contribution in [2.24, 2.45) is 0 Å². The molecule has 0 N–H and O–H groups in total. The van der Waals surface area contributed by atoms with Crippen LogP contribution in [0.2, 0.25) is 0 Å². The lowest BCUT2D eigenvalue weighted by Crippen LogP contribution is -2.37. The SMILES string of the molecule is CC/C=C\CC1OC1C/C=C\C/C=C\C/C=C\C/C=C\CCC(=O)OC(COC(=O)CCCCCCC/C=C\CCCCCC)COP(=O)([O-])OCC[N+](C)(C)C. The normalized spacial score (nSPS) is 17.9. The van der Waals surface area contributed by atoms with Gasteiger partial charge < -0.3 is 32.6 Å². The highest BCUT2D eigenvalue weighted by atomic mass is 31.2. The van der Waals surface area contributed by atoms with Crippen LogP contribution in [0.15, 0.2) is 72.9 Å². The predicted octanol–water partition coefficient (Wildman–Crippen LogP) is 10.6. The molecule has 0 aliphatic carbocycles. The second kappa shape index (κ2) is 34.3. The second-order valence-corrected chi connectivity index (χ2v) is 17.1. The Hall–Kier alpha value is -2.59. The number of epoxide rings is 1. The standard InChI is InChI=1S/C46H78NO9P/c1-6-8-10-11-12-13-14-15-19-22-25-28-32-36-45(48)52-40-42(41-54-57(50,51)53-39-38-47(3,4)5)55-46(49)37-33-29-26-23-20-17-16-18-21-24-27-31-35-44-43(56-44)34-30-9-7-2/h9,13-14,17-18,20-21,26-27,29-31,42-44H,6-8,10-12,15-16,19,22-25,28,32-41H2,1-5H3/b14-13-,20-17-,21-18-,29-26-,30-9-,31-27-. The molecule has 0 aromatic rings. The van der Waals surface area contributed by atoms with Gasteiger partial charge >= 0.3 is 11.9 Å². The molecule has 4 unspecified atom stereocenters. The van der Waals surface area contributed by atoms with Gasteiger partial charge in [0.1, 0.15) is 19.8 Å². The lowest BCUT2D eigenvalue weighted by Gasteiger charge is -2.28. The van der Waals surface area contributed by atoms with Crippen LogP contribution < -0.4 is 4.89 Å². The van der Waals surface area contributed by atoms with Gasteiger partial charge in [-0.15, -0.1) is 0 Å². The highest BCUT2D eigenvalue weighted by molar-refractivity contribution is 7.45. The number of likely N-dealkylation sites (N-methyl/N-ethyl adjacent to an activating group) is 1. The summed E-state index contributed by atoms with van der Waals surface area (Å²) < 4.78 is 39.4. The molecule has 4 atom stereocenters. The van der Waals surface area contributed by atoms with E-state index >= 15 is 0 Å². The zero-order chi connectivity index (χ0) is 41.9. The van der Waals surface area contributed by atoms with Gasteiger partial charge in [-0.2, -0.15) is 0 Å². The van der Waals surface area contributed by atoms with Gasteiger partial charge in [0.15, 0.2) is 6.10 Å². The molecular formula is C46H78NO9P. The Bertz CT molecular complexity index is 1270. The highest BCUT2D eigenvalue weighted by Gasteiger charge is 2.36. The largest absolute Gasteiger partial charge is 0.756 e. The average molecular weight is 820 g/mol. The van der Waals surface area contributed by atoms with Gasteiger partial charge in [-0.25, -0.2) is 0 Å². The number of quaternary nitrogens is 1. The zero-order valence-electron chi connectivity index (χ0n) is 36.2. The summed E-state index contributed by atoms with van der Waals surface area (Å²) in [5, 5.41) is 0. The quantitative estimate of drug-likeness (QED) is 0.0150. The molecule has 1 aliphatic heterocycles. The molecule has 0 spiro atoms. The fourth-order valence-corrected chi connectivity index (χ4v) is 6.33. The third-order valence-corrected chi connectivity index (χ3v) is 10.1. The van der Waals surface area contributed by atoms with Gasteiger partial charge in [-0.1, -0.05) is 125 Å². The summed E-state index contributed by atoms with van der Waals surface area (Å²) in [5.41, 5.74) is 0. The van der Waals surface area contributed by atoms with Crippen molar-refractivity contribution in [3.63, 3.8) is 0 Å². The molecule has 1 rings (SSSR count). The average Bonchev–Trinajstić information content (AvgIpc) is 3.91. The van der Waals surface area contributed by atoms with Crippen molar-refractivity contribution in [1.29, 1.82) is 0 Å². The summed E-state index contributed by atoms with van der Waals surface area (Å²) in [6.45, 7) is 3.97. The fourth-order valence-electron chi connectivity index (χ4n) is 5.60. The molecule has 0 radical (unpaired) electrons. The van der Waals surface area contributed by atoms with Crippen LogP contribution in [0.3, 0.4) is 0 Å². The number of allylic oxidation sites excluding steroid dienone is 10. The van der Waals surface area contributed by atoms with E-state index in [0.29, 0.717) is 36.1 Å². The molecule has 11 heteroatoms. The third-order valence-electron chi connectivity index (χ3n) is 9.13. The van der Waals surface area contributed by atoms with E-state index in [-0.39, 0.29) is 26.1 Å². The minimum Gasteiger partial charge on any atom is -0.756 e. The summed E-state index contributed by atoms with van der Waals surface area (Å²) in [4.78, 5) is 37.5. The maximum atomic E-state index is 12.6. The van der Waals surface area contributed by atoms with E-state index in [4.69, 9.17) is 23.3 Å². The Labute approximate surface area is 346 Å².